The fourth-order valence-electron chi connectivity index (χ4n) is 1.80. The number of rotatable bonds is 4. The van der Waals surface area contributed by atoms with Crippen molar-refractivity contribution in [2.75, 3.05) is 0 Å². The molecule has 0 fully saturated rings. The molecule has 0 saturated carbocycles. The molecule has 1 aromatic heterocycles. The molecule has 2 aromatic rings. The average molecular weight is 346 g/mol. The Labute approximate surface area is 147 Å². The predicted molar refractivity (Wildman–Crippen MR) is 91.7 cm³/mol. The van der Waals surface area contributed by atoms with Crippen LogP contribution in [0.3, 0.4) is 0 Å². The topological polar surface area (TPSA) is 124 Å². The van der Waals surface area contributed by atoms with Crippen molar-refractivity contribution in [2.45, 2.75) is 0 Å². The van der Waals surface area contributed by atoms with Gasteiger partial charge in [-0.3, -0.25) is 0 Å². The van der Waals surface area contributed by atoms with Crippen LogP contribution in [0, 0.1) is 34.0 Å². The monoisotopic (exact) mass is 346 g/mol. The molecule has 0 saturated heterocycles. The van der Waals surface area contributed by atoms with Gasteiger partial charge in [-0.05, 0) is 35.2 Å². The van der Waals surface area contributed by atoms with E-state index in [1.807, 2.05) is 6.07 Å². The summed E-state index contributed by atoms with van der Waals surface area (Å²) in [5, 5.41) is 28.6. The number of allylic oxidation sites excluding steroid dienone is 2. The summed E-state index contributed by atoms with van der Waals surface area (Å²) < 4.78 is 5.23. The largest absolute Gasteiger partial charge is 0.422 e. The van der Waals surface area contributed by atoms with Crippen molar-refractivity contribution in [3.05, 3.63) is 69.1 Å². The minimum atomic E-state index is -0.448. The molecule has 7 heteroatoms. The number of nitrogens with two attached hydrogens (primary N) is 1. The number of thiophene rings is 1. The van der Waals surface area contributed by atoms with Crippen LogP contribution in [0.2, 0.25) is 0 Å². The molecule has 25 heavy (non-hydrogen) atoms. The molecule has 2 N–H and O–H groups in total. The number of benzene rings is 1. The molecule has 0 unspecified atom stereocenters. The Morgan fingerprint density at radius 1 is 1.08 bits per heavy atom. The lowest BCUT2D eigenvalue weighted by atomic mass is 10.1. The van der Waals surface area contributed by atoms with Crippen LogP contribution in [-0.4, -0.2) is 5.97 Å². The number of ether oxygens (including phenoxy) is 1. The Bertz CT molecular complexity index is 950. The van der Waals surface area contributed by atoms with E-state index in [0.29, 0.717) is 16.2 Å². The lowest BCUT2D eigenvalue weighted by Gasteiger charge is -2.04. The van der Waals surface area contributed by atoms with E-state index in [1.165, 1.54) is 17.4 Å². The van der Waals surface area contributed by atoms with Gasteiger partial charge in [0.15, 0.2) is 5.57 Å². The van der Waals surface area contributed by atoms with Gasteiger partial charge in [0.1, 0.15) is 28.8 Å². The van der Waals surface area contributed by atoms with Crippen molar-refractivity contribution < 1.29 is 9.53 Å². The molecular weight excluding hydrogens is 336 g/mol. The van der Waals surface area contributed by atoms with Gasteiger partial charge in [0, 0.05) is 0 Å². The Hall–Kier alpha value is -3.86. The first-order valence-electron chi connectivity index (χ1n) is 6.87. The first kappa shape index (κ1) is 17.5. The van der Waals surface area contributed by atoms with Crippen LogP contribution in [-0.2, 0) is 0 Å². The van der Waals surface area contributed by atoms with Crippen molar-refractivity contribution in [3.8, 4) is 24.0 Å². The lowest BCUT2D eigenvalue weighted by Crippen LogP contribution is -2.06. The number of carbonyl (C=O) groups is 1. The first-order valence-corrected chi connectivity index (χ1v) is 7.75. The Balaban J connectivity index is 2.21. The van der Waals surface area contributed by atoms with Crippen LogP contribution >= 0.6 is 11.3 Å². The number of carbonyl (C=O) groups excluding carboxylic acids is 1. The summed E-state index contributed by atoms with van der Waals surface area (Å²) in [6.45, 7) is 0. The molecule has 0 spiro atoms. The standard InChI is InChI=1S/C18H10N4O2S/c19-9-13(17(22)14(10-20)11-21)8-12-3-5-15(6-4-12)24-18(23)16-2-1-7-25-16/h1-8H,22H2/b13-8+. The van der Waals surface area contributed by atoms with Crippen molar-refractivity contribution in [1.29, 1.82) is 15.8 Å². The Morgan fingerprint density at radius 3 is 2.28 bits per heavy atom. The smallest absolute Gasteiger partial charge is 0.353 e. The molecule has 0 atom stereocenters. The average Bonchev–Trinajstić information content (AvgIpc) is 3.16. The molecule has 0 aliphatic heterocycles. The summed E-state index contributed by atoms with van der Waals surface area (Å²) in [4.78, 5) is 12.4. The van der Waals surface area contributed by atoms with Gasteiger partial charge in [0.05, 0.1) is 11.3 Å². The highest BCUT2D eigenvalue weighted by molar-refractivity contribution is 7.12. The first-order chi connectivity index (χ1) is 12.1. The number of nitrogens with zero attached hydrogens (tertiary/aromatic N) is 3. The van der Waals surface area contributed by atoms with E-state index in [-0.39, 0.29) is 16.8 Å². The molecule has 0 amide bonds. The van der Waals surface area contributed by atoms with Crippen LogP contribution in [0.1, 0.15) is 15.2 Å². The molecule has 0 radical (unpaired) electrons. The second-order valence-electron chi connectivity index (χ2n) is 4.62. The summed E-state index contributed by atoms with van der Waals surface area (Å²) in [5.41, 5.74) is 5.77. The maximum atomic E-state index is 11.9. The van der Waals surface area contributed by atoms with E-state index < -0.39 is 5.97 Å². The second kappa shape index (κ2) is 8.12. The van der Waals surface area contributed by atoms with E-state index in [4.69, 9.17) is 26.3 Å². The normalized spacial score (nSPS) is 10.0. The van der Waals surface area contributed by atoms with E-state index in [0.717, 1.165) is 0 Å². The predicted octanol–water partition coefficient (Wildman–Crippen LogP) is 3.13. The maximum absolute atomic E-state index is 11.9. The summed E-state index contributed by atoms with van der Waals surface area (Å²) >= 11 is 1.28. The third-order valence-electron chi connectivity index (χ3n) is 3.03. The molecular formula is C18H10N4O2S. The number of hydrogen-bond donors (Lipinski definition) is 1. The summed E-state index contributed by atoms with van der Waals surface area (Å²) in [7, 11) is 0. The van der Waals surface area contributed by atoms with E-state index in [1.54, 1.807) is 53.9 Å². The summed E-state index contributed by atoms with van der Waals surface area (Å²) in [5.74, 6) is -0.0943. The van der Waals surface area contributed by atoms with Crippen LogP contribution in [0.15, 0.2) is 58.6 Å². The highest BCUT2D eigenvalue weighted by atomic mass is 32.1. The molecule has 0 aliphatic rings. The lowest BCUT2D eigenvalue weighted by molar-refractivity contribution is 0.0740. The summed E-state index contributed by atoms with van der Waals surface area (Å²) in [6, 6.07) is 15.0. The van der Waals surface area contributed by atoms with Crippen LogP contribution in [0.25, 0.3) is 6.08 Å². The molecule has 0 bridgehead atoms. The van der Waals surface area contributed by atoms with Gasteiger partial charge in [-0.2, -0.15) is 15.8 Å². The zero-order chi connectivity index (χ0) is 18.2. The van der Waals surface area contributed by atoms with Gasteiger partial charge in [-0.25, -0.2) is 4.79 Å². The Kier molecular flexibility index (Phi) is 5.68. The molecule has 2 rings (SSSR count). The molecule has 1 heterocycles. The maximum Gasteiger partial charge on any atom is 0.353 e. The molecule has 6 nitrogen and oxygen atoms in total. The third kappa shape index (κ3) is 4.33. The fraction of sp³-hybridized carbons (Fsp3) is 0. The van der Waals surface area contributed by atoms with Crippen molar-refractivity contribution in [2.24, 2.45) is 5.73 Å². The minimum Gasteiger partial charge on any atom is -0.422 e. The van der Waals surface area contributed by atoms with Gasteiger partial charge >= 0.3 is 5.97 Å². The molecule has 1 aromatic carbocycles. The van der Waals surface area contributed by atoms with E-state index >= 15 is 0 Å². The zero-order valence-electron chi connectivity index (χ0n) is 12.8. The minimum absolute atomic E-state index is 0.00132. The van der Waals surface area contributed by atoms with Crippen molar-refractivity contribution >= 4 is 23.4 Å². The van der Waals surface area contributed by atoms with Gasteiger partial charge in [0.2, 0.25) is 0 Å². The van der Waals surface area contributed by atoms with E-state index in [9.17, 15) is 4.79 Å². The quantitative estimate of drug-likeness (QED) is 0.392. The number of hydrogen-bond acceptors (Lipinski definition) is 7. The SMILES string of the molecule is N#CC(C#N)=C(N)/C(C#N)=C/c1ccc(OC(=O)c2cccs2)cc1. The summed E-state index contributed by atoms with van der Waals surface area (Å²) in [6.07, 6.45) is 1.44. The van der Waals surface area contributed by atoms with Gasteiger partial charge in [-0.1, -0.05) is 18.2 Å². The zero-order valence-corrected chi connectivity index (χ0v) is 13.6. The number of nitriles is 3. The van der Waals surface area contributed by atoms with Gasteiger partial charge in [-0.15, -0.1) is 11.3 Å². The van der Waals surface area contributed by atoms with Crippen LogP contribution in [0.5, 0.6) is 5.75 Å². The number of esters is 1. The second-order valence-corrected chi connectivity index (χ2v) is 5.57. The molecule has 120 valence electrons. The Morgan fingerprint density at radius 2 is 1.76 bits per heavy atom. The fourth-order valence-corrected chi connectivity index (χ4v) is 2.40. The van der Waals surface area contributed by atoms with Gasteiger partial charge < -0.3 is 10.5 Å². The van der Waals surface area contributed by atoms with Crippen molar-refractivity contribution in [3.63, 3.8) is 0 Å². The highest BCUT2D eigenvalue weighted by Crippen LogP contribution is 2.19. The highest BCUT2D eigenvalue weighted by Gasteiger charge is 2.10. The van der Waals surface area contributed by atoms with E-state index in [2.05, 4.69) is 0 Å². The molecule has 0 aliphatic carbocycles. The van der Waals surface area contributed by atoms with Crippen molar-refractivity contribution in [1.82, 2.24) is 0 Å². The van der Waals surface area contributed by atoms with Gasteiger partial charge in [0.25, 0.3) is 0 Å². The third-order valence-corrected chi connectivity index (χ3v) is 3.88. The van der Waals surface area contributed by atoms with Crippen LogP contribution < -0.4 is 10.5 Å². The van der Waals surface area contributed by atoms with Crippen LogP contribution in [0.4, 0.5) is 0 Å².